The lowest BCUT2D eigenvalue weighted by molar-refractivity contribution is 0.102. The van der Waals surface area contributed by atoms with Gasteiger partial charge in [0.15, 0.2) is 0 Å². The third-order valence-corrected chi connectivity index (χ3v) is 5.58. The maximum absolute atomic E-state index is 13.0. The number of rotatable bonds is 3. The van der Waals surface area contributed by atoms with Crippen LogP contribution in [0.5, 0.6) is 0 Å². The lowest BCUT2D eigenvalue weighted by atomic mass is 10.0. The Kier molecular flexibility index (Phi) is 4.71. The number of amides is 1. The van der Waals surface area contributed by atoms with Crippen molar-refractivity contribution in [2.24, 2.45) is 0 Å². The molecule has 3 aromatic rings. The average Bonchev–Trinajstić information content (AvgIpc) is 2.87. The van der Waals surface area contributed by atoms with Crippen LogP contribution in [0.2, 0.25) is 0 Å². The Hall–Kier alpha value is -2.47. The van der Waals surface area contributed by atoms with Crippen LogP contribution in [-0.2, 0) is 0 Å². The largest absolute Gasteiger partial charge is 0.321 e. The van der Waals surface area contributed by atoms with Crippen molar-refractivity contribution in [3.05, 3.63) is 55.9 Å². The molecule has 1 aromatic carbocycles. The molecule has 2 aromatic heterocycles. The first-order valence-electron chi connectivity index (χ1n) is 8.60. The Balaban J connectivity index is 2.09. The number of nitrogens with zero attached hydrogens (tertiary/aromatic N) is 2. The highest BCUT2D eigenvalue weighted by atomic mass is 32.1. The minimum atomic E-state index is -0.224. The SMILES string of the molecule is Cc1cc(C)c(NC(=O)c2c(C)sc3c(=O)n(C(C)C)cnc23)c(C)c1. The Labute approximate surface area is 156 Å². The summed E-state index contributed by atoms with van der Waals surface area (Å²) in [6, 6.07) is 4.11. The molecule has 0 unspecified atom stereocenters. The molecule has 0 saturated heterocycles. The molecule has 3 rings (SSSR count). The Morgan fingerprint density at radius 1 is 1.15 bits per heavy atom. The van der Waals surface area contributed by atoms with Crippen molar-refractivity contribution in [2.45, 2.75) is 47.6 Å². The van der Waals surface area contributed by atoms with Crippen LogP contribution in [0.4, 0.5) is 5.69 Å². The van der Waals surface area contributed by atoms with Gasteiger partial charge in [-0.1, -0.05) is 17.7 Å². The van der Waals surface area contributed by atoms with Gasteiger partial charge in [-0.05, 0) is 52.7 Å². The zero-order valence-electron chi connectivity index (χ0n) is 15.9. The van der Waals surface area contributed by atoms with Crippen molar-refractivity contribution >= 4 is 33.1 Å². The first-order valence-corrected chi connectivity index (χ1v) is 9.41. The highest BCUT2D eigenvalue weighted by molar-refractivity contribution is 7.19. The molecule has 1 N–H and O–H groups in total. The molecule has 0 aliphatic rings. The highest BCUT2D eigenvalue weighted by Gasteiger charge is 2.22. The van der Waals surface area contributed by atoms with Crippen LogP contribution in [0.25, 0.3) is 10.2 Å². The minimum Gasteiger partial charge on any atom is -0.321 e. The normalized spacial score (nSPS) is 11.3. The molecule has 1 amide bonds. The molecule has 0 aliphatic carbocycles. The van der Waals surface area contributed by atoms with Crippen LogP contribution < -0.4 is 10.9 Å². The number of nitrogens with one attached hydrogen (secondary N) is 1. The summed E-state index contributed by atoms with van der Waals surface area (Å²) in [7, 11) is 0. The Morgan fingerprint density at radius 3 is 2.35 bits per heavy atom. The van der Waals surface area contributed by atoms with Gasteiger partial charge in [0.1, 0.15) is 10.2 Å². The maximum Gasteiger partial charge on any atom is 0.271 e. The predicted octanol–water partition coefficient (Wildman–Crippen LogP) is 4.52. The zero-order valence-corrected chi connectivity index (χ0v) is 16.7. The number of benzene rings is 1. The molecule has 2 heterocycles. The lowest BCUT2D eigenvalue weighted by Crippen LogP contribution is -2.22. The Bertz CT molecular complexity index is 1050. The minimum absolute atomic E-state index is 0.0249. The van der Waals surface area contributed by atoms with E-state index in [2.05, 4.69) is 10.3 Å². The Morgan fingerprint density at radius 2 is 1.77 bits per heavy atom. The van der Waals surface area contributed by atoms with Crippen molar-refractivity contribution in [1.29, 1.82) is 0 Å². The van der Waals surface area contributed by atoms with Crippen molar-refractivity contribution in [1.82, 2.24) is 9.55 Å². The summed E-state index contributed by atoms with van der Waals surface area (Å²) in [4.78, 5) is 30.9. The molecule has 0 saturated carbocycles. The van der Waals surface area contributed by atoms with Gasteiger partial charge in [-0.2, -0.15) is 0 Å². The molecule has 26 heavy (non-hydrogen) atoms. The number of hydrogen-bond donors (Lipinski definition) is 1. The third kappa shape index (κ3) is 3.05. The number of hydrogen-bond acceptors (Lipinski definition) is 4. The smallest absolute Gasteiger partial charge is 0.271 e. The van der Waals surface area contributed by atoms with Crippen LogP contribution in [0, 0.1) is 27.7 Å². The summed E-state index contributed by atoms with van der Waals surface area (Å²) in [6.45, 7) is 11.7. The molecule has 0 bridgehead atoms. The summed E-state index contributed by atoms with van der Waals surface area (Å²) >= 11 is 1.33. The van der Waals surface area contributed by atoms with Crippen molar-refractivity contribution in [3.63, 3.8) is 0 Å². The van der Waals surface area contributed by atoms with Gasteiger partial charge in [0.2, 0.25) is 0 Å². The molecule has 5 nitrogen and oxygen atoms in total. The second kappa shape index (κ2) is 6.68. The number of carbonyl (C=O) groups excluding carboxylic acids is 1. The van der Waals surface area contributed by atoms with E-state index in [4.69, 9.17) is 0 Å². The van der Waals surface area contributed by atoms with E-state index in [1.807, 2.05) is 53.7 Å². The van der Waals surface area contributed by atoms with Gasteiger partial charge in [0.05, 0.1) is 11.9 Å². The molecule has 0 atom stereocenters. The van der Waals surface area contributed by atoms with Crippen LogP contribution in [0.15, 0.2) is 23.3 Å². The fourth-order valence-electron chi connectivity index (χ4n) is 3.28. The number of thiophene rings is 1. The van der Waals surface area contributed by atoms with Gasteiger partial charge >= 0.3 is 0 Å². The van der Waals surface area contributed by atoms with E-state index in [0.717, 1.165) is 27.3 Å². The van der Waals surface area contributed by atoms with Crippen molar-refractivity contribution < 1.29 is 4.79 Å². The first kappa shape index (κ1) is 18.3. The van der Waals surface area contributed by atoms with E-state index in [1.165, 1.54) is 17.7 Å². The summed E-state index contributed by atoms with van der Waals surface area (Å²) in [6.07, 6.45) is 1.53. The maximum atomic E-state index is 13.0. The van der Waals surface area contributed by atoms with Crippen LogP contribution in [0.1, 0.15) is 51.8 Å². The van der Waals surface area contributed by atoms with Gasteiger partial charge < -0.3 is 5.32 Å². The molecule has 0 radical (unpaired) electrons. The van der Waals surface area contributed by atoms with Crippen LogP contribution in [-0.4, -0.2) is 15.5 Å². The third-order valence-electron chi connectivity index (χ3n) is 4.50. The number of anilines is 1. The number of aryl methyl sites for hydroxylation is 4. The predicted molar refractivity (Wildman–Crippen MR) is 108 cm³/mol. The summed E-state index contributed by atoms with van der Waals surface area (Å²) in [5.41, 5.74) is 4.87. The van der Waals surface area contributed by atoms with E-state index in [9.17, 15) is 9.59 Å². The van der Waals surface area contributed by atoms with Crippen molar-refractivity contribution in [2.75, 3.05) is 5.32 Å². The van der Waals surface area contributed by atoms with E-state index < -0.39 is 0 Å². The zero-order chi connectivity index (χ0) is 19.2. The quantitative estimate of drug-likeness (QED) is 0.738. The van der Waals surface area contributed by atoms with E-state index in [-0.39, 0.29) is 17.5 Å². The summed E-state index contributed by atoms with van der Waals surface area (Å²) in [5, 5.41) is 3.02. The van der Waals surface area contributed by atoms with Gasteiger partial charge in [0, 0.05) is 16.6 Å². The second-order valence-electron chi connectivity index (χ2n) is 6.99. The summed E-state index contributed by atoms with van der Waals surface area (Å²) in [5.74, 6) is -0.224. The van der Waals surface area contributed by atoms with Crippen LogP contribution in [0.3, 0.4) is 0 Å². The lowest BCUT2D eigenvalue weighted by Gasteiger charge is -2.13. The van der Waals surface area contributed by atoms with Crippen LogP contribution >= 0.6 is 11.3 Å². The fraction of sp³-hybridized carbons (Fsp3) is 0.350. The number of carbonyl (C=O) groups is 1. The first-order chi connectivity index (χ1) is 12.2. The van der Waals surface area contributed by atoms with Crippen molar-refractivity contribution in [3.8, 4) is 0 Å². The molecule has 0 aliphatic heterocycles. The van der Waals surface area contributed by atoms with E-state index in [1.54, 1.807) is 4.57 Å². The van der Waals surface area contributed by atoms with E-state index in [0.29, 0.717) is 15.8 Å². The second-order valence-corrected chi connectivity index (χ2v) is 8.21. The average molecular weight is 369 g/mol. The van der Waals surface area contributed by atoms with Gasteiger partial charge in [0.25, 0.3) is 11.5 Å². The molecule has 0 spiro atoms. The standard InChI is InChI=1S/C20H23N3O2S/c1-10(2)23-9-21-17-15(14(6)26-18(17)20(23)25)19(24)22-16-12(4)7-11(3)8-13(16)5/h7-10H,1-6H3,(H,22,24). The monoisotopic (exact) mass is 369 g/mol. The van der Waals surface area contributed by atoms with Gasteiger partial charge in [-0.15, -0.1) is 11.3 Å². The fourth-order valence-corrected chi connectivity index (χ4v) is 4.32. The topological polar surface area (TPSA) is 64.0 Å². The summed E-state index contributed by atoms with van der Waals surface area (Å²) < 4.78 is 2.12. The van der Waals surface area contributed by atoms with Gasteiger partial charge in [-0.3, -0.25) is 14.2 Å². The van der Waals surface area contributed by atoms with E-state index >= 15 is 0 Å². The molecule has 6 heteroatoms. The molecular formula is C20H23N3O2S. The number of fused-ring (bicyclic) bond motifs is 1. The highest BCUT2D eigenvalue weighted by Crippen LogP contribution is 2.29. The number of aromatic nitrogens is 2. The molecular weight excluding hydrogens is 346 g/mol. The molecule has 136 valence electrons. The molecule has 0 fully saturated rings. The van der Waals surface area contributed by atoms with Gasteiger partial charge in [-0.25, -0.2) is 4.98 Å².